The van der Waals surface area contributed by atoms with Crippen LogP contribution in [0.25, 0.3) is 206 Å². The molecule has 0 bridgehead atoms. The van der Waals surface area contributed by atoms with Crippen molar-refractivity contribution >= 4 is 140 Å². The molecule has 0 saturated carbocycles. The van der Waals surface area contributed by atoms with Crippen molar-refractivity contribution in [3.63, 3.8) is 0 Å². The monoisotopic (exact) mass is 1360 g/mol. The highest BCUT2D eigenvalue weighted by Crippen LogP contribution is 2.62. The van der Waals surface area contributed by atoms with Gasteiger partial charge in [-0.25, -0.2) is 0 Å². The summed E-state index contributed by atoms with van der Waals surface area (Å²) in [4.78, 5) is 0. The summed E-state index contributed by atoms with van der Waals surface area (Å²) in [7, 11) is 0. The van der Waals surface area contributed by atoms with Crippen LogP contribution < -0.4 is 0 Å². The van der Waals surface area contributed by atoms with E-state index in [1.807, 2.05) is 11.3 Å². The summed E-state index contributed by atoms with van der Waals surface area (Å²) >= 11 is 1.91. The minimum absolute atomic E-state index is 0.220. The first-order valence-electron chi connectivity index (χ1n) is 37.3. The lowest BCUT2D eigenvalue weighted by atomic mass is 9.73. The van der Waals surface area contributed by atoms with Crippen LogP contribution in [0, 0.1) is 0 Å². The van der Waals surface area contributed by atoms with Gasteiger partial charge in [0.15, 0.2) is 0 Å². The van der Waals surface area contributed by atoms with Crippen molar-refractivity contribution in [1.82, 2.24) is 0 Å². The van der Waals surface area contributed by atoms with Crippen molar-refractivity contribution in [1.29, 1.82) is 0 Å². The largest absolute Gasteiger partial charge is 0.455 e. The number of benzene rings is 19. The topological polar surface area (TPSA) is 13.1 Å². The molecule has 0 fully saturated rings. The van der Waals surface area contributed by atoms with Gasteiger partial charge < -0.3 is 4.42 Å². The quantitative estimate of drug-likeness (QED) is 0.114. The van der Waals surface area contributed by atoms with E-state index in [-0.39, 0.29) is 5.41 Å². The van der Waals surface area contributed by atoms with E-state index in [0.717, 1.165) is 39.5 Å². The summed E-state index contributed by atoms with van der Waals surface area (Å²) in [5, 5.41) is 25.3. The molecule has 0 aliphatic heterocycles. The van der Waals surface area contributed by atoms with Crippen LogP contribution in [0.2, 0.25) is 0 Å². The third-order valence-corrected chi connectivity index (χ3v) is 25.8. The first-order valence-corrected chi connectivity index (χ1v) is 38.1. The van der Waals surface area contributed by atoms with Gasteiger partial charge in [0.25, 0.3) is 0 Å². The molecule has 23 rings (SSSR count). The van der Waals surface area contributed by atoms with Crippen LogP contribution in [-0.2, 0) is 17.3 Å². The molecule has 0 spiro atoms. The van der Waals surface area contributed by atoms with Crippen molar-refractivity contribution in [3.8, 4) is 77.9 Å². The molecule has 0 amide bonds. The highest BCUT2D eigenvalue weighted by atomic mass is 32.1. The summed E-state index contributed by atoms with van der Waals surface area (Å²) in [6.45, 7) is 7.39. The molecule has 2 aliphatic rings. The van der Waals surface area contributed by atoms with Crippen molar-refractivity contribution in [2.75, 3.05) is 0 Å². The van der Waals surface area contributed by atoms with E-state index in [0.29, 0.717) is 0 Å². The van der Waals surface area contributed by atoms with Crippen LogP contribution in [0.1, 0.15) is 48.6 Å². The zero-order valence-electron chi connectivity index (χ0n) is 58.8. The Kier molecular flexibility index (Phi) is 12.5. The number of rotatable bonds is 7. The molecule has 0 radical (unpaired) electrons. The van der Waals surface area contributed by atoms with Crippen LogP contribution in [-0.4, -0.2) is 0 Å². The van der Waals surface area contributed by atoms with Crippen LogP contribution >= 0.6 is 11.3 Å². The third kappa shape index (κ3) is 8.14. The van der Waals surface area contributed by atoms with Crippen molar-refractivity contribution in [2.24, 2.45) is 0 Å². The first-order chi connectivity index (χ1) is 52.3. The van der Waals surface area contributed by atoms with Crippen molar-refractivity contribution in [2.45, 2.75) is 38.0 Å². The van der Waals surface area contributed by atoms with Crippen LogP contribution in [0.5, 0.6) is 0 Å². The Morgan fingerprint density at radius 1 is 0.255 bits per heavy atom. The van der Waals surface area contributed by atoms with E-state index in [1.54, 1.807) is 0 Å². The number of hydrogen-bond donors (Lipinski definition) is 0. The number of furan rings is 1. The second-order valence-electron chi connectivity index (χ2n) is 30.4. The lowest BCUT2D eigenvalue weighted by molar-refractivity contribution is 0.588. The van der Waals surface area contributed by atoms with Gasteiger partial charge in [-0.2, -0.15) is 0 Å². The standard InChI is InChI=1S/C104H66OS/c1-103(2)87-49-24-46-83(95(87)97-69-31-8-4-26-64(69)66-28-6-18-41-79(66)99(97)103)92-73-35-12-10-33-71(73)91(72-34-11-13-36-74(72)92)62-55-53-61(54-56-62)63-43-22-44-81-86-58-60(52-57-89(86)105-101(63)81)59-104(3)88-50-25-47-84(96(88)98-70-32-9-5-27-65(70)67-29-7-19-42-80(67)100(98)104)93-75-37-14-16-39-77(75)94(78-40-17-15-38-76(78)93)85-48-23-45-82-68-30-20-21-51-90(68)106-102(82)85/h4-58H,59H2,1-3H3. The Morgan fingerprint density at radius 3 is 1.18 bits per heavy atom. The molecule has 1 nitrogen and oxygen atoms in total. The molecule has 2 aliphatic carbocycles. The molecule has 106 heavy (non-hydrogen) atoms. The summed E-state index contributed by atoms with van der Waals surface area (Å²) in [6, 6.07) is 126. The minimum atomic E-state index is -0.445. The van der Waals surface area contributed by atoms with E-state index in [2.05, 4.69) is 354 Å². The molecule has 2 aromatic heterocycles. The van der Waals surface area contributed by atoms with E-state index < -0.39 is 5.41 Å². The molecular formula is C104H66OS. The predicted octanol–water partition coefficient (Wildman–Crippen LogP) is 29.3. The maximum Gasteiger partial charge on any atom is 0.143 e. The van der Waals surface area contributed by atoms with Gasteiger partial charge in [0.2, 0.25) is 0 Å². The van der Waals surface area contributed by atoms with E-state index in [9.17, 15) is 0 Å². The molecule has 494 valence electrons. The molecule has 0 saturated heterocycles. The SMILES string of the molecule is CC1(C)c2cccc(-c3c4ccccc4c(-c4ccc(-c5cccc6c5oc5ccc(CC7(C)c8cccc(-c9c%10ccccc%10c(-c%10cccc%11c%10sc%10ccccc%10%11)c%10ccccc9%10)c8-c8c7c7ccccc7c7ccccc87)cc56)cc4)c4ccccc34)c2-c2c1c1ccccc1c1ccccc21. The van der Waals surface area contributed by atoms with Gasteiger partial charge in [0.1, 0.15) is 11.2 Å². The van der Waals surface area contributed by atoms with Crippen LogP contribution in [0.15, 0.2) is 338 Å². The third-order valence-electron chi connectivity index (χ3n) is 24.6. The fourth-order valence-corrected chi connectivity index (χ4v) is 21.5. The smallest absolute Gasteiger partial charge is 0.143 e. The fourth-order valence-electron chi connectivity index (χ4n) is 20.3. The Labute approximate surface area is 617 Å². The maximum absolute atomic E-state index is 7.11. The van der Waals surface area contributed by atoms with Gasteiger partial charge in [-0.1, -0.05) is 336 Å². The second-order valence-corrected chi connectivity index (χ2v) is 31.5. The molecular weight excluding hydrogens is 1300 g/mol. The maximum atomic E-state index is 7.11. The Bertz CT molecular complexity index is 7350. The molecule has 2 heteroatoms. The Morgan fingerprint density at radius 2 is 0.632 bits per heavy atom. The minimum Gasteiger partial charge on any atom is -0.455 e. The highest BCUT2D eigenvalue weighted by Gasteiger charge is 2.45. The van der Waals surface area contributed by atoms with Gasteiger partial charge in [0.05, 0.1) is 0 Å². The Hall–Kier alpha value is -12.7. The summed E-state index contributed by atoms with van der Waals surface area (Å²) in [5.41, 5.74) is 25.6. The van der Waals surface area contributed by atoms with Gasteiger partial charge in [-0.3, -0.25) is 0 Å². The zero-order chi connectivity index (χ0) is 69.8. The van der Waals surface area contributed by atoms with Crippen molar-refractivity contribution < 1.29 is 4.42 Å². The molecule has 21 aromatic rings. The first kappa shape index (κ1) is 59.8. The van der Waals surface area contributed by atoms with Gasteiger partial charge in [-0.05, 0) is 205 Å². The van der Waals surface area contributed by atoms with Crippen LogP contribution in [0.3, 0.4) is 0 Å². The molecule has 1 unspecified atom stereocenters. The summed E-state index contributed by atoms with van der Waals surface area (Å²) in [5.74, 6) is 0. The summed E-state index contributed by atoms with van der Waals surface area (Å²) < 4.78 is 9.75. The average Bonchev–Trinajstić information content (AvgIpc) is 1.52. The normalized spacial score (nSPS) is 14.5. The average molecular weight is 1360 g/mol. The van der Waals surface area contributed by atoms with E-state index in [1.165, 1.54) is 201 Å². The van der Waals surface area contributed by atoms with E-state index in [4.69, 9.17) is 4.42 Å². The molecule has 1 atom stereocenters. The van der Waals surface area contributed by atoms with Gasteiger partial charge in [-0.15, -0.1) is 11.3 Å². The Balaban J connectivity index is 0.653. The van der Waals surface area contributed by atoms with E-state index >= 15 is 0 Å². The molecule has 2 heterocycles. The number of thiophene rings is 1. The molecule has 19 aromatic carbocycles. The predicted molar refractivity (Wildman–Crippen MR) is 453 cm³/mol. The van der Waals surface area contributed by atoms with Gasteiger partial charge in [0, 0.05) is 52.9 Å². The zero-order valence-corrected chi connectivity index (χ0v) is 59.6. The molecule has 0 N–H and O–H groups in total. The number of para-hydroxylation sites is 1. The lowest BCUT2D eigenvalue weighted by Crippen LogP contribution is -2.24. The summed E-state index contributed by atoms with van der Waals surface area (Å²) in [6.07, 6.45) is 0.779. The van der Waals surface area contributed by atoms with Crippen LogP contribution in [0.4, 0.5) is 0 Å². The fraction of sp³-hybridized carbons (Fsp3) is 0.0577. The number of fused-ring (bicyclic) bond motifs is 26. The highest BCUT2D eigenvalue weighted by molar-refractivity contribution is 7.26. The van der Waals surface area contributed by atoms with Gasteiger partial charge >= 0.3 is 0 Å². The lowest BCUT2D eigenvalue weighted by Gasteiger charge is -2.29. The van der Waals surface area contributed by atoms with Crippen molar-refractivity contribution in [3.05, 3.63) is 361 Å². The number of hydrogen-bond acceptors (Lipinski definition) is 2. The second kappa shape index (κ2) is 22.2.